The first kappa shape index (κ1) is 25.2. The van der Waals surface area contributed by atoms with Gasteiger partial charge in [-0.05, 0) is 75.3 Å². The lowest BCUT2D eigenvalue weighted by atomic mass is 9.73. The predicted octanol–water partition coefficient (Wildman–Crippen LogP) is 5.38. The molecule has 172 valence electrons. The maximum atomic E-state index is 10.5. The number of benzene rings is 1. The third kappa shape index (κ3) is 6.71. The number of allylic oxidation sites excluding steroid dienone is 6. The Kier molecular flexibility index (Phi) is 9.06. The second kappa shape index (κ2) is 11.5. The van der Waals surface area contributed by atoms with Crippen molar-refractivity contribution in [3.63, 3.8) is 0 Å². The molecule has 2 aliphatic rings. The highest BCUT2D eigenvalue weighted by molar-refractivity contribution is 6.16. The lowest BCUT2D eigenvalue weighted by Gasteiger charge is -2.31. The Morgan fingerprint density at radius 2 is 1.81 bits per heavy atom. The molecule has 0 saturated heterocycles. The molecule has 0 radical (unpaired) electrons. The second-order valence-corrected chi connectivity index (χ2v) is 8.73. The van der Waals surface area contributed by atoms with Gasteiger partial charge in [0.05, 0.1) is 5.70 Å². The fourth-order valence-electron chi connectivity index (χ4n) is 4.18. The summed E-state index contributed by atoms with van der Waals surface area (Å²) in [5, 5.41) is 21.1. The van der Waals surface area contributed by atoms with Crippen LogP contribution in [0.5, 0.6) is 11.5 Å². The average molecular weight is 438 g/mol. The molecule has 4 N–H and O–H groups in total. The molecule has 1 aromatic rings. The van der Waals surface area contributed by atoms with Crippen LogP contribution in [-0.4, -0.2) is 21.8 Å². The topological polar surface area (TPSA) is 101 Å². The first-order valence-corrected chi connectivity index (χ1v) is 11.2. The summed E-state index contributed by atoms with van der Waals surface area (Å²) >= 11 is 0. The third-order valence-corrected chi connectivity index (χ3v) is 5.96. The van der Waals surface area contributed by atoms with Gasteiger partial charge in [0.1, 0.15) is 11.5 Å². The van der Waals surface area contributed by atoms with E-state index < -0.39 is 0 Å². The number of phenolic OH excluding ortho intramolecular Hbond substituents is 2. The molecule has 1 aromatic carbocycles. The molecular formula is C27H35NO4. The Morgan fingerprint density at radius 1 is 1.16 bits per heavy atom. The number of hydrogen-bond donors (Lipinski definition) is 3. The van der Waals surface area contributed by atoms with Crippen molar-refractivity contribution in [1.29, 1.82) is 0 Å². The van der Waals surface area contributed by atoms with Crippen molar-refractivity contribution in [3.05, 3.63) is 71.0 Å². The van der Waals surface area contributed by atoms with Crippen molar-refractivity contribution in [2.45, 2.75) is 65.2 Å². The first-order chi connectivity index (χ1) is 15.1. The van der Waals surface area contributed by atoms with Crippen LogP contribution in [0.4, 0.5) is 0 Å². The van der Waals surface area contributed by atoms with Crippen LogP contribution in [-0.2, 0) is 16.0 Å². The predicted molar refractivity (Wildman–Crippen MR) is 128 cm³/mol. The van der Waals surface area contributed by atoms with Gasteiger partial charge < -0.3 is 15.9 Å². The molecule has 0 amide bonds. The molecule has 0 unspecified atom stereocenters. The van der Waals surface area contributed by atoms with Crippen LogP contribution < -0.4 is 5.73 Å². The zero-order chi connectivity index (χ0) is 23.8. The number of carbonyl (C=O) groups excluding carboxylic acids is 2. The summed E-state index contributed by atoms with van der Waals surface area (Å²) in [6.07, 6.45) is 12.1. The van der Waals surface area contributed by atoms with Crippen molar-refractivity contribution < 1.29 is 19.8 Å². The molecule has 0 aromatic heterocycles. The minimum atomic E-state index is -0.297. The van der Waals surface area contributed by atoms with E-state index in [1.165, 1.54) is 24.5 Å². The zero-order valence-electron chi connectivity index (χ0n) is 19.4. The van der Waals surface area contributed by atoms with E-state index in [0.717, 1.165) is 49.0 Å². The number of aromatic hydroxyl groups is 2. The monoisotopic (exact) mass is 437 g/mol. The normalized spacial score (nSPS) is 20.2. The van der Waals surface area contributed by atoms with E-state index in [1.54, 1.807) is 0 Å². The van der Waals surface area contributed by atoms with Gasteiger partial charge in [-0.1, -0.05) is 43.6 Å². The average Bonchev–Trinajstić information content (AvgIpc) is 2.71. The Balaban J connectivity index is 0.000000336. The zero-order valence-corrected chi connectivity index (χ0v) is 19.4. The van der Waals surface area contributed by atoms with Crippen molar-refractivity contribution >= 4 is 11.6 Å². The number of phenols is 2. The van der Waals surface area contributed by atoms with Gasteiger partial charge in [0.25, 0.3) is 0 Å². The molecule has 2 atom stereocenters. The molecule has 0 fully saturated rings. The fraction of sp³-hybridized carbons (Fsp3) is 0.407. The summed E-state index contributed by atoms with van der Waals surface area (Å²) in [6.45, 7) is 10.4. The lowest BCUT2D eigenvalue weighted by Crippen LogP contribution is -2.17. The van der Waals surface area contributed by atoms with Gasteiger partial charge in [-0.3, -0.25) is 9.59 Å². The van der Waals surface area contributed by atoms with Crippen LogP contribution >= 0.6 is 0 Å². The van der Waals surface area contributed by atoms with Gasteiger partial charge in [-0.15, -0.1) is 0 Å². The van der Waals surface area contributed by atoms with E-state index in [1.807, 2.05) is 19.1 Å². The minimum Gasteiger partial charge on any atom is -0.507 e. The molecule has 0 saturated carbocycles. The van der Waals surface area contributed by atoms with Crippen LogP contribution in [0, 0.1) is 5.92 Å². The second-order valence-electron chi connectivity index (χ2n) is 8.73. The Hall–Kier alpha value is -3.08. The summed E-state index contributed by atoms with van der Waals surface area (Å²) in [5.74, 6) is 0.214. The van der Waals surface area contributed by atoms with Crippen LogP contribution in [0.25, 0.3) is 0 Å². The number of rotatable bonds is 6. The van der Waals surface area contributed by atoms with Gasteiger partial charge in [0.15, 0.2) is 5.78 Å². The maximum Gasteiger partial charge on any atom is 0.201 e. The van der Waals surface area contributed by atoms with E-state index in [9.17, 15) is 19.8 Å². The van der Waals surface area contributed by atoms with Gasteiger partial charge in [0, 0.05) is 17.6 Å². The third-order valence-electron chi connectivity index (χ3n) is 5.96. The van der Waals surface area contributed by atoms with E-state index in [0.29, 0.717) is 5.56 Å². The Labute approximate surface area is 191 Å². The van der Waals surface area contributed by atoms with Crippen LogP contribution in [0.2, 0.25) is 0 Å². The van der Waals surface area contributed by atoms with Crippen LogP contribution in [0.15, 0.2) is 59.9 Å². The molecule has 5 nitrogen and oxygen atoms in total. The molecule has 0 heterocycles. The molecule has 2 aliphatic carbocycles. The SMILES string of the molecule is C=C(C)[C@@H]1CCC(C)=C[C@H]1c1c(O)cc(CCCCC)cc1O.NC1=CC(=O)C=CC1=O. The summed E-state index contributed by atoms with van der Waals surface area (Å²) < 4.78 is 0. The summed E-state index contributed by atoms with van der Waals surface area (Å²) in [6, 6.07) is 3.66. The van der Waals surface area contributed by atoms with Crippen molar-refractivity contribution in [1.82, 2.24) is 0 Å². The van der Waals surface area contributed by atoms with Gasteiger partial charge in [-0.25, -0.2) is 0 Å². The summed E-state index contributed by atoms with van der Waals surface area (Å²) in [7, 11) is 0. The highest BCUT2D eigenvalue weighted by Crippen LogP contribution is 2.46. The number of nitrogens with two attached hydrogens (primary N) is 1. The van der Waals surface area contributed by atoms with Gasteiger partial charge in [0.2, 0.25) is 5.78 Å². The van der Waals surface area contributed by atoms with Crippen molar-refractivity contribution in [2.24, 2.45) is 11.7 Å². The Bertz CT molecular complexity index is 945. The summed E-state index contributed by atoms with van der Waals surface area (Å²) in [5.41, 5.74) is 9.24. The van der Waals surface area contributed by atoms with Crippen molar-refractivity contribution in [3.8, 4) is 11.5 Å². The van der Waals surface area contributed by atoms with E-state index in [2.05, 4.69) is 26.5 Å². The molecule has 3 rings (SSSR count). The number of hydrogen-bond acceptors (Lipinski definition) is 5. The molecule has 0 spiro atoms. The van der Waals surface area contributed by atoms with Crippen LogP contribution in [0.3, 0.4) is 0 Å². The first-order valence-electron chi connectivity index (χ1n) is 11.2. The van der Waals surface area contributed by atoms with E-state index in [4.69, 9.17) is 5.73 Å². The van der Waals surface area contributed by atoms with Crippen molar-refractivity contribution in [2.75, 3.05) is 0 Å². The quantitative estimate of drug-likeness (QED) is 0.315. The Morgan fingerprint density at radius 3 is 2.34 bits per heavy atom. The number of unbranched alkanes of at least 4 members (excludes halogenated alkanes) is 2. The van der Waals surface area contributed by atoms with E-state index in [-0.39, 0.29) is 40.6 Å². The number of ketones is 2. The molecule has 0 bridgehead atoms. The van der Waals surface area contributed by atoms with Crippen LogP contribution in [0.1, 0.15) is 69.9 Å². The number of carbonyl (C=O) groups is 2. The standard InChI is InChI=1S/C21H30O2.C6H5NO2/c1-5-6-7-8-16-12-19(22)21(20(23)13-16)18-11-15(4)9-10-17(18)14(2)3;7-5-3-4(8)1-2-6(5)9/h11-13,17-18,22-23H,2,5-10H2,1,3-4H3;1-3H,7H2/t17-,18+;/m0./s1. The highest BCUT2D eigenvalue weighted by atomic mass is 16.3. The maximum absolute atomic E-state index is 10.5. The molecular weight excluding hydrogens is 402 g/mol. The summed E-state index contributed by atoms with van der Waals surface area (Å²) in [4.78, 5) is 20.9. The smallest absolute Gasteiger partial charge is 0.201 e. The molecule has 0 aliphatic heterocycles. The van der Waals surface area contributed by atoms with Gasteiger partial charge >= 0.3 is 0 Å². The lowest BCUT2D eigenvalue weighted by molar-refractivity contribution is -0.114. The van der Waals surface area contributed by atoms with Gasteiger partial charge in [-0.2, -0.15) is 0 Å². The molecule has 5 heteroatoms. The van der Waals surface area contributed by atoms with E-state index >= 15 is 0 Å². The highest BCUT2D eigenvalue weighted by Gasteiger charge is 2.30. The minimum absolute atomic E-state index is 0.0162. The number of aryl methyl sites for hydroxylation is 1. The largest absolute Gasteiger partial charge is 0.507 e. The fourth-order valence-corrected chi connectivity index (χ4v) is 4.18. The molecule has 32 heavy (non-hydrogen) atoms.